The lowest BCUT2D eigenvalue weighted by Gasteiger charge is -2.34. The SMILES string of the molecule is C[C@H]1CCCCN1c1ccc2cccc(OCC(=O)Nc3cccc(Cl)c3)c2n1. The summed E-state index contributed by atoms with van der Waals surface area (Å²) in [7, 11) is 0. The molecule has 150 valence electrons. The standard InChI is InChI=1S/C23H24ClN3O2/c1-16-6-2-3-13-27(16)21-12-11-17-7-4-10-20(23(17)26-21)29-15-22(28)25-19-9-5-8-18(24)14-19/h4-5,7-12,14,16H,2-3,6,13,15H2,1H3,(H,25,28)/t16-/m0/s1. The molecule has 1 saturated heterocycles. The lowest BCUT2D eigenvalue weighted by molar-refractivity contribution is -0.118. The van der Waals surface area contributed by atoms with Gasteiger partial charge >= 0.3 is 0 Å². The van der Waals surface area contributed by atoms with Crippen molar-refractivity contribution in [3.8, 4) is 5.75 Å². The van der Waals surface area contributed by atoms with Crippen LogP contribution in [0.25, 0.3) is 10.9 Å². The number of carbonyl (C=O) groups is 1. The summed E-state index contributed by atoms with van der Waals surface area (Å²) in [5, 5.41) is 4.36. The molecule has 5 nitrogen and oxygen atoms in total. The average molecular weight is 410 g/mol. The number of aromatic nitrogens is 1. The molecule has 2 heterocycles. The van der Waals surface area contributed by atoms with E-state index in [0.29, 0.717) is 22.5 Å². The number of hydrogen-bond donors (Lipinski definition) is 1. The van der Waals surface area contributed by atoms with Crippen molar-refractivity contribution < 1.29 is 9.53 Å². The van der Waals surface area contributed by atoms with E-state index in [1.54, 1.807) is 24.3 Å². The van der Waals surface area contributed by atoms with Crippen LogP contribution in [0.1, 0.15) is 26.2 Å². The summed E-state index contributed by atoms with van der Waals surface area (Å²) >= 11 is 5.96. The number of para-hydroxylation sites is 1. The molecule has 6 heteroatoms. The molecule has 0 aliphatic carbocycles. The third-order valence-corrected chi connectivity index (χ3v) is 5.47. The number of nitrogens with zero attached hydrogens (tertiary/aromatic N) is 2. The molecule has 1 aromatic heterocycles. The van der Waals surface area contributed by atoms with Crippen LogP contribution >= 0.6 is 11.6 Å². The summed E-state index contributed by atoms with van der Waals surface area (Å²) in [6, 6.07) is 17.4. The quantitative estimate of drug-likeness (QED) is 0.622. The molecule has 4 rings (SSSR count). The van der Waals surface area contributed by atoms with Gasteiger partial charge < -0.3 is 15.0 Å². The Morgan fingerprint density at radius 2 is 2.07 bits per heavy atom. The molecule has 0 saturated carbocycles. The van der Waals surface area contributed by atoms with E-state index in [9.17, 15) is 4.79 Å². The average Bonchev–Trinajstić information content (AvgIpc) is 2.72. The Morgan fingerprint density at radius 1 is 1.21 bits per heavy atom. The monoisotopic (exact) mass is 409 g/mol. The third kappa shape index (κ3) is 4.62. The molecule has 0 radical (unpaired) electrons. The lowest BCUT2D eigenvalue weighted by Crippen LogP contribution is -2.37. The highest BCUT2D eigenvalue weighted by molar-refractivity contribution is 6.30. The predicted octanol–water partition coefficient (Wildman–Crippen LogP) is 5.28. The van der Waals surface area contributed by atoms with Gasteiger partial charge in [0, 0.05) is 28.7 Å². The van der Waals surface area contributed by atoms with E-state index < -0.39 is 0 Å². The van der Waals surface area contributed by atoms with Crippen molar-refractivity contribution in [2.24, 2.45) is 0 Å². The van der Waals surface area contributed by atoms with Crippen LogP contribution in [-0.4, -0.2) is 30.1 Å². The van der Waals surface area contributed by atoms with E-state index in [2.05, 4.69) is 29.3 Å². The lowest BCUT2D eigenvalue weighted by atomic mass is 10.0. The van der Waals surface area contributed by atoms with E-state index in [1.807, 2.05) is 18.2 Å². The largest absolute Gasteiger partial charge is 0.481 e. The molecular weight excluding hydrogens is 386 g/mol. The summed E-state index contributed by atoms with van der Waals surface area (Å²) in [6.45, 7) is 3.16. The van der Waals surface area contributed by atoms with Gasteiger partial charge in [0.1, 0.15) is 17.1 Å². The Balaban J connectivity index is 1.50. The molecule has 0 unspecified atom stereocenters. The first-order valence-electron chi connectivity index (χ1n) is 9.95. The van der Waals surface area contributed by atoms with Crippen LogP contribution in [0, 0.1) is 0 Å². The number of fused-ring (bicyclic) bond motifs is 1. The van der Waals surface area contributed by atoms with Gasteiger partial charge in [-0.05, 0) is 62.6 Å². The fraction of sp³-hybridized carbons (Fsp3) is 0.304. The fourth-order valence-electron chi connectivity index (χ4n) is 3.73. The number of benzene rings is 2. The molecule has 3 aromatic rings. The van der Waals surface area contributed by atoms with Crippen LogP contribution in [0.5, 0.6) is 5.75 Å². The van der Waals surface area contributed by atoms with Crippen molar-refractivity contribution in [3.05, 3.63) is 59.6 Å². The van der Waals surface area contributed by atoms with Gasteiger partial charge in [0.25, 0.3) is 5.91 Å². The highest BCUT2D eigenvalue weighted by atomic mass is 35.5. The summed E-state index contributed by atoms with van der Waals surface area (Å²) in [5.74, 6) is 1.32. The molecule has 1 N–H and O–H groups in total. The van der Waals surface area contributed by atoms with Crippen molar-refractivity contribution in [2.45, 2.75) is 32.2 Å². The maximum absolute atomic E-state index is 12.3. The third-order valence-electron chi connectivity index (χ3n) is 5.23. The molecule has 0 spiro atoms. The van der Waals surface area contributed by atoms with E-state index in [0.717, 1.165) is 23.3 Å². The fourth-order valence-corrected chi connectivity index (χ4v) is 3.92. The van der Waals surface area contributed by atoms with Crippen molar-refractivity contribution in [1.29, 1.82) is 0 Å². The molecule has 0 bridgehead atoms. The first-order valence-corrected chi connectivity index (χ1v) is 10.3. The maximum Gasteiger partial charge on any atom is 0.262 e. The number of nitrogens with one attached hydrogen (secondary N) is 1. The normalized spacial score (nSPS) is 16.6. The number of amides is 1. The second kappa shape index (κ2) is 8.70. The zero-order chi connectivity index (χ0) is 20.2. The highest BCUT2D eigenvalue weighted by Gasteiger charge is 2.20. The van der Waals surface area contributed by atoms with Gasteiger partial charge in [-0.1, -0.05) is 29.8 Å². The molecular formula is C23H24ClN3O2. The first-order chi connectivity index (χ1) is 14.1. The molecule has 1 fully saturated rings. The Kier molecular flexibility index (Phi) is 5.86. The second-order valence-electron chi connectivity index (χ2n) is 7.38. The van der Waals surface area contributed by atoms with Gasteiger partial charge in [0.15, 0.2) is 6.61 Å². The zero-order valence-corrected chi connectivity index (χ0v) is 17.2. The van der Waals surface area contributed by atoms with Gasteiger partial charge in [-0.15, -0.1) is 0 Å². The van der Waals surface area contributed by atoms with E-state index in [4.69, 9.17) is 21.3 Å². The van der Waals surface area contributed by atoms with E-state index >= 15 is 0 Å². The minimum absolute atomic E-state index is 0.0996. The van der Waals surface area contributed by atoms with Crippen LogP contribution < -0.4 is 15.0 Å². The van der Waals surface area contributed by atoms with Gasteiger partial charge in [0.05, 0.1) is 0 Å². The van der Waals surface area contributed by atoms with Crippen LogP contribution in [0.4, 0.5) is 11.5 Å². The van der Waals surface area contributed by atoms with Gasteiger partial charge in [-0.2, -0.15) is 0 Å². The molecule has 2 aromatic carbocycles. The van der Waals surface area contributed by atoms with Gasteiger partial charge in [0.2, 0.25) is 0 Å². The van der Waals surface area contributed by atoms with E-state index in [1.165, 1.54) is 19.3 Å². The molecule has 29 heavy (non-hydrogen) atoms. The zero-order valence-electron chi connectivity index (χ0n) is 16.4. The predicted molar refractivity (Wildman–Crippen MR) is 118 cm³/mol. The summed E-state index contributed by atoms with van der Waals surface area (Å²) in [5.41, 5.74) is 1.42. The smallest absolute Gasteiger partial charge is 0.262 e. The Labute approximate surface area is 175 Å². The summed E-state index contributed by atoms with van der Waals surface area (Å²) in [6.07, 6.45) is 3.63. The number of ether oxygens (including phenoxy) is 1. The number of carbonyl (C=O) groups excluding carboxylic acids is 1. The van der Waals surface area contributed by atoms with Crippen LogP contribution in [0.15, 0.2) is 54.6 Å². The van der Waals surface area contributed by atoms with Crippen molar-refractivity contribution in [1.82, 2.24) is 4.98 Å². The van der Waals surface area contributed by atoms with E-state index in [-0.39, 0.29) is 12.5 Å². The van der Waals surface area contributed by atoms with Gasteiger partial charge in [-0.3, -0.25) is 4.79 Å². The number of halogens is 1. The Bertz CT molecular complexity index is 1020. The minimum Gasteiger partial charge on any atom is -0.481 e. The molecule has 1 aliphatic heterocycles. The van der Waals surface area contributed by atoms with Crippen LogP contribution in [0.2, 0.25) is 5.02 Å². The Morgan fingerprint density at radius 3 is 2.90 bits per heavy atom. The summed E-state index contributed by atoms with van der Waals surface area (Å²) < 4.78 is 5.83. The minimum atomic E-state index is -0.245. The van der Waals surface area contributed by atoms with Crippen molar-refractivity contribution in [3.63, 3.8) is 0 Å². The highest BCUT2D eigenvalue weighted by Crippen LogP contribution is 2.29. The molecule has 1 amide bonds. The number of pyridine rings is 1. The topological polar surface area (TPSA) is 54.5 Å². The van der Waals surface area contributed by atoms with Crippen molar-refractivity contribution >= 4 is 39.9 Å². The maximum atomic E-state index is 12.3. The molecule has 1 aliphatic rings. The summed E-state index contributed by atoms with van der Waals surface area (Å²) in [4.78, 5) is 19.5. The van der Waals surface area contributed by atoms with Gasteiger partial charge in [-0.25, -0.2) is 4.98 Å². The second-order valence-corrected chi connectivity index (χ2v) is 7.82. The molecule has 1 atom stereocenters. The van der Waals surface area contributed by atoms with Crippen LogP contribution in [-0.2, 0) is 4.79 Å². The number of anilines is 2. The van der Waals surface area contributed by atoms with Crippen LogP contribution in [0.3, 0.4) is 0 Å². The number of piperidine rings is 1. The number of hydrogen-bond acceptors (Lipinski definition) is 4. The van der Waals surface area contributed by atoms with Crippen molar-refractivity contribution in [2.75, 3.05) is 23.4 Å². The Hall–Kier alpha value is -2.79. The first kappa shape index (κ1) is 19.5. The number of rotatable bonds is 5.